The van der Waals surface area contributed by atoms with Gasteiger partial charge in [-0.25, -0.2) is 13.1 Å². The minimum Gasteiger partial charge on any atom is -0.381 e. The van der Waals surface area contributed by atoms with Crippen molar-refractivity contribution in [3.63, 3.8) is 0 Å². The molecule has 116 valence electrons. The molecule has 3 N–H and O–H groups in total. The SMILES string of the molecule is NCC1(NS(=O)(=O)C2CC2c2ccccc2)CCOCC1. The van der Waals surface area contributed by atoms with Gasteiger partial charge in [0.2, 0.25) is 10.0 Å². The van der Waals surface area contributed by atoms with Gasteiger partial charge in [-0.2, -0.15) is 0 Å². The van der Waals surface area contributed by atoms with Crippen molar-refractivity contribution < 1.29 is 13.2 Å². The number of benzene rings is 1. The van der Waals surface area contributed by atoms with Crippen molar-refractivity contribution >= 4 is 10.0 Å². The zero-order valence-corrected chi connectivity index (χ0v) is 12.8. The van der Waals surface area contributed by atoms with Crippen LogP contribution in [-0.2, 0) is 14.8 Å². The molecule has 0 radical (unpaired) electrons. The largest absolute Gasteiger partial charge is 0.381 e. The van der Waals surface area contributed by atoms with Crippen LogP contribution in [0.15, 0.2) is 30.3 Å². The molecule has 1 heterocycles. The molecule has 21 heavy (non-hydrogen) atoms. The monoisotopic (exact) mass is 310 g/mol. The second-order valence-corrected chi connectivity index (χ2v) is 7.93. The van der Waals surface area contributed by atoms with Gasteiger partial charge < -0.3 is 10.5 Å². The van der Waals surface area contributed by atoms with E-state index in [0.717, 1.165) is 5.56 Å². The molecule has 3 rings (SSSR count). The quantitative estimate of drug-likeness (QED) is 0.849. The van der Waals surface area contributed by atoms with Crippen LogP contribution in [0.5, 0.6) is 0 Å². The van der Waals surface area contributed by atoms with Crippen LogP contribution >= 0.6 is 0 Å². The summed E-state index contributed by atoms with van der Waals surface area (Å²) in [6.45, 7) is 1.44. The van der Waals surface area contributed by atoms with Crippen molar-refractivity contribution in [2.75, 3.05) is 19.8 Å². The smallest absolute Gasteiger partial charge is 0.215 e. The van der Waals surface area contributed by atoms with Crippen molar-refractivity contribution in [3.8, 4) is 0 Å². The van der Waals surface area contributed by atoms with Crippen LogP contribution in [-0.4, -0.2) is 39.0 Å². The highest BCUT2D eigenvalue weighted by Crippen LogP contribution is 2.46. The van der Waals surface area contributed by atoms with Gasteiger partial charge in [-0.15, -0.1) is 0 Å². The van der Waals surface area contributed by atoms with E-state index in [-0.39, 0.29) is 11.2 Å². The molecule has 2 aliphatic rings. The van der Waals surface area contributed by atoms with E-state index in [1.165, 1.54) is 0 Å². The number of rotatable bonds is 5. The first kappa shape index (κ1) is 15.0. The number of ether oxygens (including phenoxy) is 1. The molecule has 1 aliphatic carbocycles. The van der Waals surface area contributed by atoms with Crippen molar-refractivity contribution in [3.05, 3.63) is 35.9 Å². The molecule has 0 spiro atoms. The Labute approximate surface area is 125 Å². The highest BCUT2D eigenvalue weighted by Gasteiger charge is 2.50. The Morgan fingerprint density at radius 3 is 2.52 bits per heavy atom. The van der Waals surface area contributed by atoms with E-state index in [4.69, 9.17) is 10.5 Å². The maximum Gasteiger partial charge on any atom is 0.215 e. The maximum absolute atomic E-state index is 12.6. The number of hydrogen-bond acceptors (Lipinski definition) is 4. The van der Waals surface area contributed by atoms with Crippen LogP contribution < -0.4 is 10.5 Å². The first-order chi connectivity index (χ1) is 10.1. The molecule has 0 aromatic heterocycles. The Bertz CT molecular complexity index is 582. The molecule has 6 heteroatoms. The lowest BCUT2D eigenvalue weighted by atomic mass is 9.92. The molecule has 2 fully saturated rings. The molecule has 2 atom stereocenters. The summed E-state index contributed by atoms with van der Waals surface area (Å²) < 4.78 is 33.4. The van der Waals surface area contributed by atoms with E-state index in [1.807, 2.05) is 30.3 Å². The highest BCUT2D eigenvalue weighted by molar-refractivity contribution is 7.90. The molecule has 0 bridgehead atoms. The van der Waals surface area contributed by atoms with Gasteiger partial charge in [0.1, 0.15) is 0 Å². The second-order valence-electron chi connectivity index (χ2n) is 6.04. The molecule has 2 unspecified atom stereocenters. The van der Waals surface area contributed by atoms with Gasteiger partial charge in [-0.1, -0.05) is 30.3 Å². The summed E-state index contributed by atoms with van der Waals surface area (Å²) in [5.74, 6) is 0.110. The zero-order valence-electron chi connectivity index (χ0n) is 12.0. The van der Waals surface area contributed by atoms with Crippen LogP contribution in [0.1, 0.15) is 30.7 Å². The van der Waals surface area contributed by atoms with Gasteiger partial charge in [0, 0.05) is 31.2 Å². The lowest BCUT2D eigenvalue weighted by molar-refractivity contribution is 0.0501. The number of sulfonamides is 1. The summed E-state index contributed by atoms with van der Waals surface area (Å²) in [4.78, 5) is 0. The molecule has 1 saturated carbocycles. The molecule has 1 saturated heterocycles. The predicted octanol–water partition coefficient (Wildman–Crippen LogP) is 0.970. The minimum atomic E-state index is -3.34. The Morgan fingerprint density at radius 1 is 1.24 bits per heavy atom. The lowest BCUT2D eigenvalue weighted by Crippen LogP contribution is -2.57. The average Bonchev–Trinajstić information content (AvgIpc) is 3.30. The van der Waals surface area contributed by atoms with E-state index in [0.29, 0.717) is 39.0 Å². The summed E-state index contributed by atoms with van der Waals surface area (Å²) in [6.07, 6.45) is 1.98. The van der Waals surface area contributed by atoms with Crippen LogP contribution in [0.25, 0.3) is 0 Å². The fourth-order valence-electron chi connectivity index (χ4n) is 3.05. The van der Waals surface area contributed by atoms with Gasteiger partial charge in [-0.05, 0) is 24.8 Å². The summed E-state index contributed by atoms with van der Waals surface area (Å²) in [6, 6.07) is 9.83. The van der Waals surface area contributed by atoms with E-state index in [1.54, 1.807) is 0 Å². The highest BCUT2D eigenvalue weighted by atomic mass is 32.2. The second kappa shape index (κ2) is 5.68. The third kappa shape index (κ3) is 3.13. The summed E-state index contributed by atoms with van der Waals surface area (Å²) >= 11 is 0. The molecule has 1 aliphatic heterocycles. The van der Waals surface area contributed by atoms with Gasteiger partial charge in [0.15, 0.2) is 0 Å². The molecular formula is C15H22N2O3S. The maximum atomic E-state index is 12.6. The van der Waals surface area contributed by atoms with Crippen molar-refractivity contribution in [2.45, 2.75) is 36.0 Å². The van der Waals surface area contributed by atoms with Gasteiger partial charge in [-0.3, -0.25) is 0 Å². The fraction of sp³-hybridized carbons (Fsp3) is 0.600. The third-order valence-electron chi connectivity index (χ3n) is 4.56. The van der Waals surface area contributed by atoms with Gasteiger partial charge >= 0.3 is 0 Å². The summed E-state index contributed by atoms with van der Waals surface area (Å²) in [5, 5.41) is -0.328. The molecular weight excluding hydrogens is 288 g/mol. The minimum absolute atomic E-state index is 0.110. The Hall–Kier alpha value is -0.950. The van der Waals surface area contributed by atoms with Crippen LogP contribution in [0, 0.1) is 0 Å². The van der Waals surface area contributed by atoms with Crippen LogP contribution in [0.4, 0.5) is 0 Å². The summed E-state index contributed by atoms with van der Waals surface area (Å²) in [7, 11) is -3.34. The normalized spacial score (nSPS) is 28.2. The number of nitrogens with one attached hydrogen (secondary N) is 1. The predicted molar refractivity (Wildman–Crippen MR) is 81.5 cm³/mol. The van der Waals surface area contributed by atoms with Crippen LogP contribution in [0.3, 0.4) is 0 Å². The van der Waals surface area contributed by atoms with Gasteiger partial charge in [0.25, 0.3) is 0 Å². The van der Waals surface area contributed by atoms with E-state index in [9.17, 15) is 8.42 Å². The molecule has 1 aromatic rings. The Morgan fingerprint density at radius 2 is 1.90 bits per heavy atom. The standard InChI is InChI=1S/C15H22N2O3S/c16-11-15(6-8-20-9-7-15)17-21(18,19)14-10-13(14)12-4-2-1-3-5-12/h1-5,13-14,17H,6-11,16H2. The number of hydrogen-bond donors (Lipinski definition) is 2. The molecule has 0 amide bonds. The summed E-state index contributed by atoms with van der Waals surface area (Å²) in [5.41, 5.74) is 6.40. The first-order valence-electron chi connectivity index (χ1n) is 7.42. The Balaban J connectivity index is 1.71. The van der Waals surface area contributed by atoms with Crippen molar-refractivity contribution in [1.82, 2.24) is 4.72 Å². The molecule has 5 nitrogen and oxygen atoms in total. The third-order valence-corrected chi connectivity index (χ3v) is 6.59. The van der Waals surface area contributed by atoms with Crippen molar-refractivity contribution in [1.29, 1.82) is 0 Å². The molecule has 1 aromatic carbocycles. The average molecular weight is 310 g/mol. The first-order valence-corrected chi connectivity index (χ1v) is 8.96. The van der Waals surface area contributed by atoms with Crippen LogP contribution in [0.2, 0.25) is 0 Å². The number of nitrogens with two attached hydrogens (primary N) is 1. The van der Waals surface area contributed by atoms with Crippen molar-refractivity contribution in [2.24, 2.45) is 5.73 Å². The van der Waals surface area contributed by atoms with Gasteiger partial charge in [0.05, 0.1) is 5.25 Å². The Kier molecular flexibility index (Phi) is 4.05. The van der Waals surface area contributed by atoms with E-state index in [2.05, 4.69) is 4.72 Å². The van der Waals surface area contributed by atoms with E-state index >= 15 is 0 Å². The fourth-order valence-corrected chi connectivity index (χ4v) is 5.15. The zero-order chi connectivity index (χ0) is 14.9. The topological polar surface area (TPSA) is 81.4 Å². The lowest BCUT2D eigenvalue weighted by Gasteiger charge is -2.36. The van der Waals surface area contributed by atoms with E-state index < -0.39 is 15.6 Å².